The summed E-state index contributed by atoms with van der Waals surface area (Å²) in [5.41, 5.74) is 0. The molecule has 0 radical (unpaired) electrons. The number of nitrogens with one attached hydrogen (secondary N) is 1. The fourth-order valence-electron chi connectivity index (χ4n) is 0.807. The van der Waals surface area contributed by atoms with Crippen molar-refractivity contribution in [2.45, 2.75) is 0 Å². The van der Waals surface area contributed by atoms with Crippen molar-refractivity contribution in [3.8, 4) is 0 Å². The normalized spacial score (nSPS) is 10.0. The molecule has 0 saturated heterocycles. The Labute approximate surface area is 87.1 Å². The quantitative estimate of drug-likeness (QED) is 0.839. The van der Waals surface area contributed by atoms with Crippen LogP contribution in [0.2, 0.25) is 0 Å². The third-order valence-corrected chi connectivity index (χ3v) is 2.95. The maximum atomic E-state index is 10.5. The van der Waals surface area contributed by atoms with E-state index in [-0.39, 0.29) is 4.88 Å². The molecule has 0 aliphatic rings. The summed E-state index contributed by atoms with van der Waals surface area (Å²) in [5.74, 6) is -0.963. The maximum Gasteiger partial charge on any atom is 0.347 e. The molecule has 2 aromatic heterocycles. The minimum absolute atomic E-state index is 0.212. The van der Waals surface area contributed by atoms with Crippen LogP contribution in [0.15, 0.2) is 17.8 Å². The zero-order valence-electron chi connectivity index (χ0n) is 6.80. The highest BCUT2D eigenvalue weighted by molar-refractivity contribution is 7.18. The van der Waals surface area contributed by atoms with Crippen LogP contribution in [0.1, 0.15) is 9.67 Å². The first-order valence-corrected chi connectivity index (χ1v) is 5.31. The van der Waals surface area contributed by atoms with Gasteiger partial charge in [-0.15, -0.1) is 11.3 Å². The molecule has 0 unspecified atom stereocenters. The molecule has 0 bridgehead atoms. The molecular formula is C7H5N3O2S2. The molecule has 2 heterocycles. The Bertz CT molecular complexity index is 437. The Kier molecular flexibility index (Phi) is 2.42. The lowest BCUT2D eigenvalue weighted by molar-refractivity contribution is 0.0702. The van der Waals surface area contributed by atoms with Gasteiger partial charge in [-0.25, -0.2) is 14.8 Å². The van der Waals surface area contributed by atoms with Crippen LogP contribution in [-0.2, 0) is 0 Å². The van der Waals surface area contributed by atoms with Crippen LogP contribution >= 0.6 is 22.7 Å². The van der Waals surface area contributed by atoms with Crippen LogP contribution in [0.25, 0.3) is 0 Å². The van der Waals surface area contributed by atoms with E-state index < -0.39 is 5.97 Å². The maximum absolute atomic E-state index is 10.5. The molecule has 0 aromatic carbocycles. The van der Waals surface area contributed by atoms with E-state index in [1.807, 2.05) is 5.38 Å². The summed E-state index contributed by atoms with van der Waals surface area (Å²) in [6, 6.07) is 0. The lowest BCUT2D eigenvalue weighted by Crippen LogP contribution is -1.89. The van der Waals surface area contributed by atoms with Gasteiger partial charge in [0, 0.05) is 11.6 Å². The predicted octanol–water partition coefficient (Wildman–Crippen LogP) is 2.04. The average molecular weight is 227 g/mol. The summed E-state index contributed by atoms with van der Waals surface area (Å²) in [7, 11) is 0. The summed E-state index contributed by atoms with van der Waals surface area (Å²) in [6.45, 7) is 0. The largest absolute Gasteiger partial charge is 0.477 e. The SMILES string of the molecule is O=C(O)c1cnc(Nc2nccs2)s1. The van der Waals surface area contributed by atoms with Crippen molar-refractivity contribution >= 4 is 38.9 Å². The van der Waals surface area contributed by atoms with Gasteiger partial charge >= 0.3 is 5.97 Å². The molecular weight excluding hydrogens is 222 g/mol. The van der Waals surface area contributed by atoms with Crippen molar-refractivity contribution in [3.63, 3.8) is 0 Å². The van der Waals surface area contributed by atoms with Crippen LogP contribution in [0.4, 0.5) is 10.3 Å². The monoisotopic (exact) mass is 227 g/mol. The van der Waals surface area contributed by atoms with E-state index in [4.69, 9.17) is 5.11 Å². The van der Waals surface area contributed by atoms with Crippen molar-refractivity contribution < 1.29 is 9.90 Å². The molecule has 0 aliphatic heterocycles. The second-order valence-electron chi connectivity index (χ2n) is 2.30. The standard InChI is InChI=1S/C7H5N3O2S2/c11-5(12)4-3-9-7(14-4)10-6-8-1-2-13-6/h1-3H,(H,11,12)(H,8,9,10). The highest BCUT2D eigenvalue weighted by atomic mass is 32.1. The smallest absolute Gasteiger partial charge is 0.347 e. The third kappa shape index (κ3) is 1.88. The van der Waals surface area contributed by atoms with Gasteiger partial charge in [0.2, 0.25) is 0 Å². The second kappa shape index (κ2) is 3.72. The van der Waals surface area contributed by atoms with Gasteiger partial charge in [-0.3, -0.25) is 0 Å². The number of aromatic carboxylic acids is 1. The lowest BCUT2D eigenvalue weighted by Gasteiger charge is -1.93. The number of hydrogen-bond acceptors (Lipinski definition) is 6. The zero-order chi connectivity index (χ0) is 9.97. The Balaban J connectivity index is 2.14. The predicted molar refractivity (Wildman–Crippen MR) is 54.5 cm³/mol. The van der Waals surface area contributed by atoms with Gasteiger partial charge in [0.15, 0.2) is 10.3 Å². The van der Waals surface area contributed by atoms with Gasteiger partial charge in [-0.2, -0.15) is 0 Å². The van der Waals surface area contributed by atoms with Gasteiger partial charge < -0.3 is 10.4 Å². The van der Waals surface area contributed by atoms with Crippen LogP contribution in [0.5, 0.6) is 0 Å². The molecule has 72 valence electrons. The lowest BCUT2D eigenvalue weighted by atomic mass is 10.6. The Morgan fingerprint density at radius 1 is 1.43 bits per heavy atom. The molecule has 0 saturated carbocycles. The molecule has 0 amide bonds. The van der Waals surface area contributed by atoms with Crippen molar-refractivity contribution in [3.05, 3.63) is 22.7 Å². The number of carboxylic acid groups (broad SMARTS) is 1. The number of anilines is 2. The molecule has 14 heavy (non-hydrogen) atoms. The summed E-state index contributed by atoms with van der Waals surface area (Å²) in [4.78, 5) is 18.7. The van der Waals surface area contributed by atoms with E-state index in [0.717, 1.165) is 11.3 Å². The summed E-state index contributed by atoms with van der Waals surface area (Å²) < 4.78 is 0. The minimum Gasteiger partial charge on any atom is -0.477 e. The van der Waals surface area contributed by atoms with Gasteiger partial charge in [0.05, 0.1) is 6.20 Å². The molecule has 2 aromatic rings. The van der Waals surface area contributed by atoms with E-state index in [9.17, 15) is 4.79 Å². The van der Waals surface area contributed by atoms with E-state index in [0.29, 0.717) is 10.3 Å². The number of carboxylic acids is 1. The topological polar surface area (TPSA) is 75.1 Å². The first kappa shape index (κ1) is 9.10. The Morgan fingerprint density at radius 2 is 2.29 bits per heavy atom. The first-order chi connectivity index (χ1) is 6.75. The summed E-state index contributed by atoms with van der Waals surface area (Å²) >= 11 is 2.52. The van der Waals surface area contributed by atoms with Crippen molar-refractivity contribution in [1.29, 1.82) is 0 Å². The molecule has 0 fully saturated rings. The molecule has 0 atom stereocenters. The van der Waals surface area contributed by atoms with E-state index in [1.54, 1.807) is 6.20 Å². The Morgan fingerprint density at radius 3 is 2.86 bits per heavy atom. The van der Waals surface area contributed by atoms with E-state index in [2.05, 4.69) is 15.3 Å². The van der Waals surface area contributed by atoms with E-state index in [1.165, 1.54) is 17.5 Å². The minimum atomic E-state index is -0.963. The molecule has 0 spiro atoms. The number of nitrogens with zero attached hydrogens (tertiary/aromatic N) is 2. The summed E-state index contributed by atoms with van der Waals surface area (Å²) in [5, 5.41) is 14.6. The molecule has 2 rings (SSSR count). The van der Waals surface area contributed by atoms with Crippen molar-refractivity contribution in [2.24, 2.45) is 0 Å². The fourth-order valence-corrected chi connectivity index (χ4v) is 2.05. The van der Waals surface area contributed by atoms with Gasteiger partial charge in [-0.05, 0) is 0 Å². The van der Waals surface area contributed by atoms with Gasteiger partial charge in [0.1, 0.15) is 4.88 Å². The number of hydrogen-bond donors (Lipinski definition) is 2. The Hall–Kier alpha value is -1.47. The first-order valence-electron chi connectivity index (χ1n) is 3.61. The summed E-state index contributed by atoms with van der Waals surface area (Å²) in [6.07, 6.45) is 2.99. The van der Waals surface area contributed by atoms with Crippen molar-refractivity contribution in [2.75, 3.05) is 5.32 Å². The van der Waals surface area contributed by atoms with Crippen LogP contribution in [0.3, 0.4) is 0 Å². The van der Waals surface area contributed by atoms with Crippen LogP contribution in [-0.4, -0.2) is 21.0 Å². The van der Waals surface area contributed by atoms with E-state index >= 15 is 0 Å². The van der Waals surface area contributed by atoms with Gasteiger partial charge in [0.25, 0.3) is 0 Å². The second-order valence-corrected chi connectivity index (χ2v) is 4.22. The molecule has 2 N–H and O–H groups in total. The highest BCUT2D eigenvalue weighted by Crippen LogP contribution is 2.23. The highest BCUT2D eigenvalue weighted by Gasteiger charge is 2.08. The fraction of sp³-hybridized carbons (Fsp3) is 0. The number of aromatic nitrogens is 2. The molecule has 5 nitrogen and oxygen atoms in total. The number of thiazole rings is 2. The third-order valence-electron chi connectivity index (χ3n) is 1.36. The van der Waals surface area contributed by atoms with Crippen LogP contribution in [0, 0.1) is 0 Å². The molecule has 0 aliphatic carbocycles. The average Bonchev–Trinajstić information content (AvgIpc) is 2.75. The van der Waals surface area contributed by atoms with Gasteiger partial charge in [-0.1, -0.05) is 11.3 Å². The number of rotatable bonds is 3. The number of carbonyl (C=O) groups is 1. The zero-order valence-corrected chi connectivity index (χ0v) is 8.43. The van der Waals surface area contributed by atoms with Crippen LogP contribution < -0.4 is 5.32 Å². The molecule has 7 heteroatoms. The van der Waals surface area contributed by atoms with Crippen molar-refractivity contribution in [1.82, 2.24) is 9.97 Å².